The van der Waals surface area contributed by atoms with Crippen LogP contribution in [0.3, 0.4) is 0 Å². The maximum absolute atomic E-state index is 12.6. The molecule has 3 fully saturated rings. The largest absolute Gasteiger partial charge is 0.445 e. The maximum atomic E-state index is 12.6. The van der Waals surface area contributed by atoms with Crippen molar-refractivity contribution >= 4 is 5.91 Å². The normalized spacial score (nSPS) is 31.6. The molecule has 1 aromatic rings. The Morgan fingerprint density at radius 2 is 2.35 bits per heavy atom. The molecule has 6 nitrogen and oxygen atoms in total. The van der Waals surface area contributed by atoms with E-state index in [1.54, 1.807) is 0 Å². The van der Waals surface area contributed by atoms with Crippen molar-refractivity contribution in [2.24, 2.45) is 5.41 Å². The quantitative estimate of drug-likeness (QED) is 0.902. The zero-order chi connectivity index (χ0) is 15.9. The summed E-state index contributed by atoms with van der Waals surface area (Å²) in [5, 5.41) is 3.17. The lowest BCUT2D eigenvalue weighted by molar-refractivity contribution is -0.169. The molecule has 1 spiro atoms. The molecule has 1 saturated heterocycles. The number of aromatic nitrogens is 1. The third-order valence-corrected chi connectivity index (χ3v) is 5.77. The summed E-state index contributed by atoms with van der Waals surface area (Å²) in [6.07, 6.45) is 7.78. The van der Waals surface area contributed by atoms with Crippen LogP contribution in [-0.4, -0.2) is 36.3 Å². The Balaban J connectivity index is 1.44. The predicted octanol–water partition coefficient (Wildman–Crippen LogP) is 2.60. The maximum Gasteiger partial charge on any atom is 0.273 e. The van der Waals surface area contributed by atoms with Crippen molar-refractivity contribution < 1.29 is 18.7 Å². The predicted molar refractivity (Wildman–Crippen MR) is 82.0 cm³/mol. The summed E-state index contributed by atoms with van der Waals surface area (Å²) < 4.78 is 16.9. The lowest BCUT2D eigenvalue weighted by Gasteiger charge is -2.60. The van der Waals surface area contributed by atoms with Crippen LogP contribution in [0, 0.1) is 5.41 Å². The summed E-state index contributed by atoms with van der Waals surface area (Å²) in [7, 11) is 0. The first-order valence-corrected chi connectivity index (χ1v) is 8.72. The molecule has 1 N–H and O–H groups in total. The van der Waals surface area contributed by atoms with Gasteiger partial charge in [-0.15, -0.1) is 0 Å². The van der Waals surface area contributed by atoms with Gasteiger partial charge < -0.3 is 19.2 Å². The lowest BCUT2D eigenvalue weighted by atomic mass is 9.51. The fourth-order valence-electron chi connectivity index (χ4n) is 4.31. The van der Waals surface area contributed by atoms with E-state index in [2.05, 4.69) is 10.3 Å². The molecule has 4 rings (SSSR count). The van der Waals surface area contributed by atoms with Crippen molar-refractivity contribution in [1.29, 1.82) is 0 Å². The Hall–Kier alpha value is -1.40. The molecule has 2 saturated carbocycles. The Kier molecular flexibility index (Phi) is 3.89. The molecule has 0 aromatic carbocycles. The van der Waals surface area contributed by atoms with E-state index in [9.17, 15) is 4.79 Å². The molecule has 0 radical (unpaired) electrons. The standard InChI is InChI=1S/C17H24N2O4/c1-2-21-13-9-12(17(13)6-4-7-17)19-16(20)14-15(23-10-18-14)11-5-3-8-22-11/h10-13H,2-9H2,1H3,(H,19,20)/t11-,12+,13-/m1/s1. The highest BCUT2D eigenvalue weighted by Gasteiger charge is 2.59. The molecule has 0 unspecified atom stereocenters. The van der Waals surface area contributed by atoms with Crippen LogP contribution in [-0.2, 0) is 9.47 Å². The number of carbonyl (C=O) groups excluding carboxylic acids is 1. The summed E-state index contributed by atoms with van der Waals surface area (Å²) in [6.45, 7) is 3.48. The summed E-state index contributed by atoms with van der Waals surface area (Å²) in [4.78, 5) is 16.8. The van der Waals surface area contributed by atoms with Crippen molar-refractivity contribution in [3.63, 3.8) is 0 Å². The summed E-state index contributed by atoms with van der Waals surface area (Å²) >= 11 is 0. The monoisotopic (exact) mass is 320 g/mol. The van der Waals surface area contributed by atoms with Gasteiger partial charge in [-0.05, 0) is 39.0 Å². The minimum absolute atomic E-state index is 0.131. The van der Waals surface area contributed by atoms with Crippen LogP contribution in [0.25, 0.3) is 0 Å². The zero-order valence-electron chi connectivity index (χ0n) is 13.5. The fourth-order valence-corrected chi connectivity index (χ4v) is 4.31. The summed E-state index contributed by atoms with van der Waals surface area (Å²) in [5.74, 6) is 0.429. The van der Waals surface area contributed by atoms with Gasteiger partial charge in [0.2, 0.25) is 0 Å². The third-order valence-electron chi connectivity index (χ3n) is 5.77. The molecule has 1 aromatic heterocycles. The number of hydrogen-bond donors (Lipinski definition) is 1. The Morgan fingerprint density at radius 1 is 1.48 bits per heavy atom. The number of oxazole rings is 1. The van der Waals surface area contributed by atoms with Crippen LogP contribution < -0.4 is 5.32 Å². The third kappa shape index (κ3) is 2.39. The zero-order valence-corrected chi connectivity index (χ0v) is 13.5. The topological polar surface area (TPSA) is 73.6 Å². The first-order chi connectivity index (χ1) is 11.2. The number of nitrogens with one attached hydrogen (secondary N) is 1. The van der Waals surface area contributed by atoms with E-state index in [4.69, 9.17) is 13.9 Å². The highest BCUT2D eigenvalue weighted by atomic mass is 16.5. The van der Waals surface area contributed by atoms with Crippen molar-refractivity contribution in [1.82, 2.24) is 10.3 Å². The van der Waals surface area contributed by atoms with Crippen molar-refractivity contribution in [3.05, 3.63) is 17.8 Å². The SMILES string of the molecule is CCO[C@@H]1C[C@H](NC(=O)c2ncoc2[C@H]2CCCO2)C12CCC2. The average Bonchev–Trinajstić information content (AvgIpc) is 3.14. The van der Waals surface area contributed by atoms with Gasteiger partial charge in [-0.1, -0.05) is 6.42 Å². The first kappa shape index (κ1) is 15.1. The van der Waals surface area contributed by atoms with E-state index in [0.29, 0.717) is 24.2 Å². The lowest BCUT2D eigenvalue weighted by Crippen LogP contribution is -2.67. The molecule has 3 aliphatic rings. The number of amides is 1. The Bertz CT molecular complexity index is 575. The van der Waals surface area contributed by atoms with E-state index in [1.165, 1.54) is 12.8 Å². The van der Waals surface area contributed by atoms with Gasteiger partial charge in [0.05, 0.1) is 6.10 Å². The molecule has 1 aliphatic heterocycles. The molecule has 0 bridgehead atoms. The van der Waals surface area contributed by atoms with Crippen LogP contribution in [0.15, 0.2) is 10.8 Å². The van der Waals surface area contributed by atoms with Gasteiger partial charge in [0, 0.05) is 24.7 Å². The number of hydrogen-bond acceptors (Lipinski definition) is 5. The second kappa shape index (κ2) is 5.91. The summed E-state index contributed by atoms with van der Waals surface area (Å²) in [5.41, 5.74) is 0.533. The van der Waals surface area contributed by atoms with Gasteiger partial charge >= 0.3 is 0 Å². The fraction of sp³-hybridized carbons (Fsp3) is 0.765. The van der Waals surface area contributed by atoms with Gasteiger partial charge in [-0.2, -0.15) is 0 Å². The van der Waals surface area contributed by atoms with Crippen LogP contribution in [0.4, 0.5) is 0 Å². The molecule has 2 aliphatic carbocycles. The number of nitrogens with zero attached hydrogens (tertiary/aromatic N) is 1. The van der Waals surface area contributed by atoms with Gasteiger partial charge in [0.1, 0.15) is 6.10 Å². The second-order valence-corrected chi connectivity index (χ2v) is 6.86. The van der Waals surface area contributed by atoms with Crippen molar-refractivity contribution in [3.8, 4) is 0 Å². The molecule has 1 amide bonds. The summed E-state index contributed by atoms with van der Waals surface area (Å²) in [6, 6.07) is 0.189. The van der Waals surface area contributed by atoms with E-state index in [1.807, 2.05) is 6.92 Å². The molecule has 126 valence electrons. The minimum atomic E-state index is -0.143. The molecule has 2 heterocycles. The van der Waals surface area contributed by atoms with Crippen molar-refractivity contribution in [2.75, 3.05) is 13.2 Å². The minimum Gasteiger partial charge on any atom is -0.445 e. The smallest absolute Gasteiger partial charge is 0.273 e. The highest BCUT2D eigenvalue weighted by molar-refractivity contribution is 5.93. The molecular formula is C17H24N2O4. The first-order valence-electron chi connectivity index (χ1n) is 8.72. The molecular weight excluding hydrogens is 296 g/mol. The number of rotatable bonds is 5. The van der Waals surface area contributed by atoms with Crippen molar-refractivity contribution in [2.45, 2.75) is 63.7 Å². The highest BCUT2D eigenvalue weighted by Crippen LogP contribution is 2.57. The number of ether oxygens (including phenoxy) is 2. The van der Waals surface area contributed by atoms with E-state index in [0.717, 1.165) is 38.7 Å². The van der Waals surface area contributed by atoms with E-state index >= 15 is 0 Å². The van der Waals surface area contributed by atoms with Crippen LogP contribution in [0.2, 0.25) is 0 Å². The van der Waals surface area contributed by atoms with Crippen LogP contribution in [0.1, 0.15) is 67.8 Å². The Morgan fingerprint density at radius 3 is 3.00 bits per heavy atom. The van der Waals surface area contributed by atoms with Gasteiger partial charge in [0.15, 0.2) is 17.8 Å². The molecule has 3 atom stereocenters. The van der Waals surface area contributed by atoms with Crippen LogP contribution in [0.5, 0.6) is 0 Å². The van der Waals surface area contributed by atoms with E-state index < -0.39 is 0 Å². The Labute approximate surface area is 135 Å². The average molecular weight is 320 g/mol. The second-order valence-electron chi connectivity index (χ2n) is 6.86. The molecule has 6 heteroatoms. The van der Waals surface area contributed by atoms with Gasteiger partial charge in [0.25, 0.3) is 5.91 Å². The molecule has 23 heavy (non-hydrogen) atoms. The van der Waals surface area contributed by atoms with Crippen LogP contribution >= 0.6 is 0 Å². The van der Waals surface area contributed by atoms with Gasteiger partial charge in [-0.3, -0.25) is 4.79 Å². The number of carbonyl (C=O) groups is 1. The van der Waals surface area contributed by atoms with E-state index in [-0.39, 0.29) is 23.5 Å². The van der Waals surface area contributed by atoms with Gasteiger partial charge in [-0.25, -0.2) is 4.98 Å².